The van der Waals surface area contributed by atoms with E-state index < -0.39 is 19.8 Å². The zero-order valence-corrected chi connectivity index (χ0v) is 33.3. The Balaban J connectivity index is 1.21. The SMILES string of the molecule is COc1ccc([Si](C)(C)[C@@H]2[C@@H](CC(=O)N3CCC[C@H]3CO)O[C@]3(C(=O)N(Cc4ccc(N5CCCC5=O)cc4)c4ccc(N5CCCC5=O)cc43)[C@H]2C)cc1. The molecule has 3 aromatic rings. The summed E-state index contributed by atoms with van der Waals surface area (Å²) in [6, 6.07) is 21.7. The van der Waals surface area contributed by atoms with Crippen molar-refractivity contribution in [2.24, 2.45) is 5.92 Å². The molecule has 8 rings (SSSR count). The van der Waals surface area contributed by atoms with Gasteiger partial charge in [-0.2, -0.15) is 0 Å². The van der Waals surface area contributed by atoms with Gasteiger partial charge in [-0.25, -0.2) is 0 Å². The van der Waals surface area contributed by atoms with E-state index in [1.54, 1.807) is 16.9 Å². The van der Waals surface area contributed by atoms with Crippen LogP contribution in [0.3, 0.4) is 0 Å². The number of hydrogen-bond acceptors (Lipinski definition) is 7. The van der Waals surface area contributed by atoms with E-state index in [0.717, 1.165) is 59.6 Å². The van der Waals surface area contributed by atoms with E-state index in [1.165, 1.54) is 5.19 Å². The van der Waals surface area contributed by atoms with E-state index in [-0.39, 0.29) is 54.2 Å². The third-order valence-electron chi connectivity index (χ3n) is 13.2. The second-order valence-corrected chi connectivity index (χ2v) is 21.2. The first-order valence-corrected chi connectivity index (χ1v) is 22.9. The number of nitrogens with zero attached hydrogens (tertiary/aromatic N) is 4. The van der Waals surface area contributed by atoms with Crippen LogP contribution in [0.4, 0.5) is 17.1 Å². The van der Waals surface area contributed by atoms with Crippen molar-refractivity contribution in [2.75, 3.05) is 48.1 Å². The molecule has 12 heteroatoms. The standard InChI is InChI=1S/C43H52N4O7Si/c1-28-41(55(3,4)34-18-16-33(53-2)17-19-34)37(25-40(51)46-21-5-8-32(46)27-48)54-43(28)35-24-31(45-23-7-10-39(45)50)15-20-36(35)47(42(43)52)26-29-11-13-30(14-12-29)44-22-6-9-38(44)49/h11-20,24,28,32,37,41,48H,5-10,21-23,25-27H2,1-4H3/t28-,32-,37+,41-,43+/m0/s1. The molecule has 4 saturated heterocycles. The summed E-state index contributed by atoms with van der Waals surface area (Å²) in [6.07, 6.45) is 3.79. The Kier molecular flexibility index (Phi) is 9.88. The van der Waals surface area contributed by atoms with Crippen LogP contribution in [0.5, 0.6) is 5.75 Å². The molecular weight excluding hydrogens is 713 g/mol. The number of hydrogen-bond donors (Lipinski definition) is 1. The second kappa shape index (κ2) is 14.5. The van der Waals surface area contributed by atoms with E-state index in [9.17, 15) is 19.5 Å². The monoisotopic (exact) mass is 764 g/mol. The molecule has 290 valence electrons. The smallest absolute Gasteiger partial charge is 0.264 e. The summed E-state index contributed by atoms with van der Waals surface area (Å²) in [4.78, 5) is 62.3. The van der Waals surface area contributed by atoms with Crippen LogP contribution in [0.1, 0.15) is 63.0 Å². The Bertz CT molecular complexity index is 1990. The Hall–Kier alpha value is -4.52. The molecule has 1 spiro atoms. The van der Waals surface area contributed by atoms with Gasteiger partial charge in [0.25, 0.3) is 5.91 Å². The summed E-state index contributed by atoms with van der Waals surface area (Å²) in [5.41, 5.74) is 2.44. The molecule has 4 fully saturated rings. The minimum Gasteiger partial charge on any atom is -0.497 e. The van der Waals surface area contributed by atoms with Gasteiger partial charge in [0.05, 0.1) is 52.6 Å². The molecule has 4 amide bonds. The highest BCUT2D eigenvalue weighted by Gasteiger charge is 2.66. The topological polar surface area (TPSA) is 120 Å². The van der Waals surface area contributed by atoms with Crippen molar-refractivity contribution in [3.05, 3.63) is 77.9 Å². The van der Waals surface area contributed by atoms with Gasteiger partial charge in [0, 0.05) is 55.3 Å². The average Bonchev–Trinajstić information content (AvgIpc) is 4.02. The van der Waals surface area contributed by atoms with Crippen molar-refractivity contribution in [3.63, 3.8) is 0 Å². The molecule has 0 saturated carbocycles. The molecule has 5 atom stereocenters. The number of fused-ring (bicyclic) bond motifs is 2. The van der Waals surface area contributed by atoms with Gasteiger partial charge in [-0.3, -0.25) is 19.2 Å². The van der Waals surface area contributed by atoms with Crippen molar-refractivity contribution in [3.8, 4) is 5.75 Å². The minimum absolute atomic E-state index is 0.0607. The maximum absolute atomic E-state index is 15.4. The molecule has 1 N–H and O–H groups in total. The van der Waals surface area contributed by atoms with Crippen LogP contribution in [0, 0.1) is 5.92 Å². The van der Waals surface area contributed by atoms with Gasteiger partial charge in [0.2, 0.25) is 17.7 Å². The van der Waals surface area contributed by atoms with Crippen LogP contribution in [0.25, 0.3) is 0 Å². The van der Waals surface area contributed by atoms with Gasteiger partial charge < -0.3 is 34.2 Å². The van der Waals surface area contributed by atoms with Crippen LogP contribution in [0.2, 0.25) is 18.6 Å². The number of rotatable bonds is 10. The molecular formula is C43H52N4O7Si. The number of likely N-dealkylation sites (tertiary alicyclic amines) is 1. The Morgan fingerprint density at radius 2 is 1.55 bits per heavy atom. The van der Waals surface area contributed by atoms with Crippen molar-refractivity contribution >= 4 is 54.0 Å². The van der Waals surface area contributed by atoms with Crippen molar-refractivity contribution in [1.29, 1.82) is 0 Å². The average molecular weight is 765 g/mol. The molecule has 5 aliphatic rings. The van der Waals surface area contributed by atoms with Crippen LogP contribution in [-0.2, 0) is 36.1 Å². The van der Waals surface area contributed by atoms with Gasteiger partial charge in [-0.15, -0.1) is 0 Å². The number of aliphatic hydroxyl groups excluding tert-OH is 1. The number of carbonyl (C=O) groups excluding carboxylic acids is 4. The molecule has 0 aliphatic carbocycles. The zero-order chi connectivity index (χ0) is 38.6. The molecule has 11 nitrogen and oxygen atoms in total. The summed E-state index contributed by atoms with van der Waals surface area (Å²) in [5.74, 6) is 0.379. The normalized spacial score (nSPS) is 26.6. The van der Waals surface area contributed by atoms with E-state index in [0.29, 0.717) is 39.0 Å². The van der Waals surface area contributed by atoms with Gasteiger partial charge in [0.15, 0.2) is 5.60 Å². The van der Waals surface area contributed by atoms with Gasteiger partial charge in [-0.1, -0.05) is 49.5 Å². The van der Waals surface area contributed by atoms with Crippen LogP contribution < -0.4 is 24.6 Å². The number of anilines is 3. The highest BCUT2D eigenvalue weighted by molar-refractivity contribution is 6.91. The van der Waals surface area contributed by atoms with Gasteiger partial charge >= 0.3 is 0 Å². The molecule has 5 heterocycles. The molecule has 0 radical (unpaired) electrons. The lowest BCUT2D eigenvalue weighted by atomic mass is 9.82. The lowest BCUT2D eigenvalue weighted by molar-refractivity contribution is -0.150. The maximum Gasteiger partial charge on any atom is 0.264 e. The summed E-state index contributed by atoms with van der Waals surface area (Å²) in [5, 5.41) is 11.3. The van der Waals surface area contributed by atoms with Crippen molar-refractivity contribution in [1.82, 2.24) is 4.90 Å². The number of carbonyl (C=O) groups is 4. The number of amides is 4. The fourth-order valence-electron chi connectivity index (χ4n) is 10.3. The number of methoxy groups -OCH3 is 1. The minimum atomic E-state index is -2.52. The lowest BCUT2D eigenvalue weighted by Gasteiger charge is -2.37. The molecule has 5 aliphatic heterocycles. The fraction of sp³-hybridized carbons (Fsp3) is 0.488. The van der Waals surface area contributed by atoms with E-state index in [4.69, 9.17) is 9.47 Å². The quantitative estimate of drug-likeness (QED) is 0.286. The number of aliphatic hydroxyl groups is 1. The van der Waals surface area contributed by atoms with Crippen LogP contribution >= 0.6 is 0 Å². The van der Waals surface area contributed by atoms with Gasteiger partial charge in [-0.05, 0) is 79.3 Å². The summed E-state index contributed by atoms with van der Waals surface area (Å²) >= 11 is 0. The first kappa shape index (κ1) is 37.4. The van der Waals surface area contributed by atoms with Crippen molar-refractivity contribution < 1.29 is 33.8 Å². The van der Waals surface area contributed by atoms with Crippen molar-refractivity contribution in [2.45, 2.75) is 94.8 Å². The third-order valence-corrected chi connectivity index (χ3v) is 17.5. The Labute approximate surface area is 324 Å². The Morgan fingerprint density at radius 3 is 2.16 bits per heavy atom. The third kappa shape index (κ3) is 6.26. The highest BCUT2D eigenvalue weighted by atomic mass is 28.3. The summed E-state index contributed by atoms with van der Waals surface area (Å²) < 4.78 is 12.8. The van der Waals surface area contributed by atoms with Gasteiger partial charge in [0.1, 0.15) is 5.75 Å². The molecule has 55 heavy (non-hydrogen) atoms. The summed E-state index contributed by atoms with van der Waals surface area (Å²) in [6.45, 7) is 8.83. The fourth-order valence-corrected chi connectivity index (χ4v) is 14.3. The highest BCUT2D eigenvalue weighted by Crippen LogP contribution is 2.60. The predicted molar refractivity (Wildman–Crippen MR) is 213 cm³/mol. The number of ether oxygens (including phenoxy) is 2. The predicted octanol–water partition coefficient (Wildman–Crippen LogP) is 5.09. The molecule has 0 unspecified atom stereocenters. The molecule has 0 aromatic heterocycles. The maximum atomic E-state index is 15.4. The summed E-state index contributed by atoms with van der Waals surface area (Å²) in [7, 11) is -0.875. The van der Waals surface area contributed by atoms with Crippen LogP contribution in [0.15, 0.2) is 66.7 Å². The second-order valence-electron chi connectivity index (χ2n) is 16.5. The number of benzene rings is 3. The molecule has 3 aromatic carbocycles. The molecule has 0 bridgehead atoms. The van der Waals surface area contributed by atoms with E-state index >= 15 is 4.79 Å². The Morgan fingerprint density at radius 1 is 0.891 bits per heavy atom. The largest absolute Gasteiger partial charge is 0.497 e. The van der Waals surface area contributed by atoms with Crippen LogP contribution in [-0.4, -0.2) is 87.2 Å². The lowest BCUT2D eigenvalue weighted by Crippen LogP contribution is -2.52. The first-order valence-electron chi connectivity index (χ1n) is 19.9. The van der Waals surface area contributed by atoms with E-state index in [1.807, 2.05) is 64.4 Å². The zero-order valence-electron chi connectivity index (χ0n) is 32.3. The van der Waals surface area contributed by atoms with E-state index in [2.05, 4.69) is 32.2 Å². The first-order chi connectivity index (χ1) is 26.5.